The molecule has 1 aromatic heterocycles. The monoisotopic (exact) mass is 454 g/mol. The maximum absolute atomic E-state index is 12.3. The van der Waals surface area contributed by atoms with E-state index in [1.807, 2.05) is 36.4 Å². The molecule has 158 valence electrons. The molecule has 3 aromatic carbocycles. The second kappa shape index (κ2) is 8.91. The van der Waals surface area contributed by atoms with E-state index in [0.29, 0.717) is 22.2 Å². The third-order valence-corrected chi connectivity index (χ3v) is 6.77. The molecule has 0 aliphatic rings. The average molecular weight is 455 g/mol. The van der Waals surface area contributed by atoms with Crippen molar-refractivity contribution in [2.75, 3.05) is 11.1 Å². The Morgan fingerprint density at radius 3 is 2.39 bits per heavy atom. The number of sulfone groups is 1. The van der Waals surface area contributed by atoms with Crippen LogP contribution >= 0.6 is 11.6 Å². The van der Waals surface area contributed by atoms with Gasteiger partial charge in [0.15, 0.2) is 15.4 Å². The molecule has 0 aliphatic heterocycles. The van der Waals surface area contributed by atoms with E-state index in [9.17, 15) is 13.2 Å². The Bertz CT molecular complexity index is 1280. The first kappa shape index (κ1) is 21.1. The average Bonchev–Trinajstić information content (AvgIpc) is 3.19. The van der Waals surface area contributed by atoms with Crippen LogP contribution in [0.15, 0.2) is 82.1 Å². The zero-order valence-electron chi connectivity index (χ0n) is 16.4. The highest BCUT2D eigenvalue weighted by atomic mass is 35.5. The lowest BCUT2D eigenvalue weighted by Crippen LogP contribution is -2.14. The van der Waals surface area contributed by atoms with E-state index in [1.165, 1.54) is 24.3 Å². The lowest BCUT2D eigenvalue weighted by atomic mass is 10.2. The van der Waals surface area contributed by atoms with Crippen LogP contribution in [0, 0.1) is 0 Å². The maximum Gasteiger partial charge on any atom is 0.227 e. The summed E-state index contributed by atoms with van der Waals surface area (Å²) in [5.74, 6) is 0.144. The van der Waals surface area contributed by atoms with Gasteiger partial charge in [-0.2, -0.15) is 0 Å². The molecule has 0 atom stereocenters. The number of hydrogen-bond donors (Lipinski definition) is 1. The van der Waals surface area contributed by atoms with E-state index in [4.69, 9.17) is 16.0 Å². The Labute approximate surface area is 184 Å². The number of fused-ring (bicyclic) bond motifs is 1. The maximum atomic E-state index is 12.3. The number of carbonyl (C=O) groups excluding carboxylic acids is 1. The Kier molecular flexibility index (Phi) is 6.06. The lowest BCUT2D eigenvalue weighted by Gasteiger charge is -2.07. The van der Waals surface area contributed by atoms with E-state index in [0.717, 1.165) is 11.1 Å². The van der Waals surface area contributed by atoms with Gasteiger partial charge in [0.2, 0.25) is 11.8 Å². The van der Waals surface area contributed by atoms with Crippen molar-refractivity contribution in [2.45, 2.75) is 17.7 Å². The first-order valence-corrected chi connectivity index (χ1v) is 11.7. The zero-order valence-corrected chi connectivity index (χ0v) is 18.0. The number of nitrogens with one attached hydrogen (secondary N) is 1. The van der Waals surface area contributed by atoms with E-state index in [2.05, 4.69) is 10.3 Å². The van der Waals surface area contributed by atoms with Crippen molar-refractivity contribution in [3.05, 3.63) is 77.8 Å². The molecule has 0 saturated carbocycles. The van der Waals surface area contributed by atoms with Gasteiger partial charge in [-0.05, 0) is 67.1 Å². The summed E-state index contributed by atoms with van der Waals surface area (Å²) in [6.45, 7) is 0. The molecule has 1 heterocycles. The summed E-state index contributed by atoms with van der Waals surface area (Å²) in [5.41, 5.74) is 2.90. The standard InChI is InChI=1S/C23H19ClN2O4S/c24-17-9-13-19(14-10-17)31(28,29)15-3-6-22(27)25-18-11-7-16(8-12-18)23-26-20-4-1-2-5-21(20)30-23/h1-2,4-5,7-14H,3,6,15H2,(H,25,27). The highest BCUT2D eigenvalue weighted by Crippen LogP contribution is 2.25. The van der Waals surface area contributed by atoms with Gasteiger partial charge in [0.1, 0.15) is 5.52 Å². The Balaban J connectivity index is 1.32. The normalized spacial score (nSPS) is 11.5. The van der Waals surface area contributed by atoms with Gasteiger partial charge in [-0.3, -0.25) is 4.79 Å². The van der Waals surface area contributed by atoms with Crippen molar-refractivity contribution in [1.29, 1.82) is 0 Å². The molecule has 4 aromatic rings. The highest BCUT2D eigenvalue weighted by molar-refractivity contribution is 7.91. The molecule has 0 spiro atoms. The molecular formula is C23H19ClN2O4S. The second-order valence-electron chi connectivity index (χ2n) is 6.99. The van der Waals surface area contributed by atoms with Gasteiger partial charge < -0.3 is 9.73 Å². The number of anilines is 1. The minimum atomic E-state index is -3.45. The van der Waals surface area contributed by atoms with Crippen molar-refractivity contribution >= 4 is 44.1 Å². The molecule has 31 heavy (non-hydrogen) atoms. The van der Waals surface area contributed by atoms with E-state index < -0.39 is 9.84 Å². The van der Waals surface area contributed by atoms with Crippen LogP contribution in [0.4, 0.5) is 5.69 Å². The number of benzene rings is 3. The largest absolute Gasteiger partial charge is 0.436 e. The Hall–Kier alpha value is -3.16. The molecule has 0 fully saturated rings. The fourth-order valence-corrected chi connectivity index (χ4v) is 4.53. The van der Waals surface area contributed by atoms with Crippen LogP contribution in [0.1, 0.15) is 12.8 Å². The first-order chi connectivity index (χ1) is 14.9. The molecule has 0 bridgehead atoms. The number of aromatic nitrogens is 1. The summed E-state index contributed by atoms with van der Waals surface area (Å²) in [5, 5.41) is 3.25. The highest BCUT2D eigenvalue weighted by Gasteiger charge is 2.15. The number of amides is 1. The van der Waals surface area contributed by atoms with Crippen molar-refractivity contribution in [3.63, 3.8) is 0 Å². The summed E-state index contributed by atoms with van der Waals surface area (Å²) in [7, 11) is -3.45. The van der Waals surface area contributed by atoms with Crippen LogP contribution in [-0.4, -0.2) is 25.1 Å². The van der Waals surface area contributed by atoms with Gasteiger partial charge >= 0.3 is 0 Å². The predicted molar refractivity (Wildman–Crippen MR) is 121 cm³/mol. The number of para-hydroxylation sites is 2. The summed E-state index contributed by atoms with van der Waals surface area (Å²) < 4.78 is 30.4. The molecule has 1 N–H and O–H groups in total. The van der Waals surface area contributed by atoms with Crippen LogP contribution < -0.4 is 5.32 Å². The minimum absolute atomic E-state index is 0.0969. The van der Waals surface area contributed by atoms with Crippen LogP contribution in [0.5, 0.6) is 0 Å². The van der Waals surface area contributed by atoms with Gasteiger partial charge in [-0.1, -0.05) is 23.7 Å². The summed E-state index contributed by atoms with van der Waals surface area (Å²) in [6, 6.07) is 20.7. The lowest BCUT2D eigenvalue weighted by molar-refractivity contribution is -0.116. The van der Waals surface area contributed by atoms with Crippen LogP contribution in [0.3, 0.4) is 0 Å². The SMILES string of the molecule is O=C(CCCS(=O)(=O)c1ccc(Cl)cc1)Nc1ccc(-c2nc3ccccc3o2)cc1. The van der Waals surface area contributed by atoms with Crippen molar-refractivity contribution in [2.24, 2.45) is 0 Å². The smallest absolute Gasteiger partial charge is 0.227 e. The fourth-order valence-electron chi connectivity index (χ4n) is 3.10. The Morgan fingerprint density at radius 2 is 1.68 bits per heavy atom. The topological polar surface area (TPSA) is 89.3 Å². The van der Waals surface area contributed by atoms with E-state index in [-0.39, 0.29) is 29.4 Å². The number of oxazole rings is 1. The number of nitrogens with zero attached hydrogens (tertiary/aromatic N) is 1. The molecule has 8 heteroatoms. The van der Waals surface area contributed by atoms with Crippen molar-refractivity contribution in [1.82, 2.24) is 4.98 Å². The molecule has 4 rings (SSSR count). The second-order valence-corrected chi connectivity index (χ2v) is 9.53. The number of hydrogen-bond acceptors (Lipinski definition) is 5. The molecule has 0 unspecified atom stereocenters. The van der Waals surface area contributed by atoms with Crippen LogP contribution in [0.2, 0.25) is 5.02 Å². The number of halogens is 1. The fraction of sp³-hybridized carbons (Fsp3) is 0.130. The quantitative estimate of drug-likeness (QED) is 0.407. The summed E-state index contributed by atoms with van der Waals surface area (Å²) in [4.78, 5) is 16.8. The van der Waals surface area contributed by atoms with Gasteiger partial charge in [-0.25, -0.2) is 13.4 Å². The molecule has 0 radical (unpaired) electrons. The van der Waals surface area contributed by atoms with Crippen molar-refractivity contribution in [3.8, 4) is 11.5 Å². The van der Waals surface area contributed by atoms with Crippen LogP contribution in [-0.2, 0) is 14.6 Å². The molecular weight excluding hydrogens is 436 g/mol. The third-order valence-electron chi connectivity index (χ3n) is 4.70. The molecule has 1 amide bonds. The molecule has 6 nitrogen and oxygen atoms in total. The van der Waals surface area contributed by atoms with Gasteiger partial charge in [0.05, 0.1) is 10.6 Å². The van der Waals surface area contributed by atoms with Gasteiger partial charge in [-0.15, -0.1) is 0 Å². The molecule has 0 aliphatic carbocycles. The zero-order chi connectivity index (χ0) is 21.8. The van der Waals surface area contributed by atoms with E-state index >= 15 is 0 Å². The van der Waals surface area contributed by atoms with Crippen molar-refractivity contribution < 1.29 is 17.6 Å². The number of rotatable bonds is 7. The van der Waals surface area contributed by atoms with Gasteiger partial charge in [0, 0.05) is 22.7 Å². The summed E-state index contributed by atoms with van der Waals surface area (Å²) >= 11 is 5.79. The third kappa shape index (κ3) is 5.13. The molecule has 0 saturated heterocycles. The van der Waals surface area contributed by atoms with E-state index in [1.54, 1.807) is 12.1 Å². The van der Waals surface area contributed by atoms with Crippen LogP contribution in [0.25, 0.3) is 22.6 Å². The minimum Gasteiger partial charge on any atom is -0.436 e. The number of carbonyl (C=O) groups is 1. The van der Waals surface area contributed by atoms with Gasteiger partial charge in [0.25, 0.3) is 0 Å². The first-order valence-electron chi connectivity index (χ1n) is 9.65. The predicted octanol–water partition coefficient (Wildman–Crippen LogP) is 5.34. The Morgan fingerprint density at radius 1 is 0.968 bits per heavy atom. The summed E-state index contributed by atoms with van der Waals surface area (Å²) in [6.07, 6.45) is 0.317.